The van der Waals surface area contributed by atoms with Gasteiger partial charge >= 0.3 is 0 Å². The van der Waals surface area contributed by atoms with Crippen molar-refractivity contribution < 1.29 is 14.9 Å². The molecule has 0 aliphatic rings. The first-order chi connectivity index (χ1) is 8.61. The van der Waals surface area contributed by atoms with Gasteiger partial charge in [0.15, 0.2) is 0 Å². The second-order valence-corrected chi connectivity index (χ2v) is 5.13. The van der Waals surface area contributed by atoms with Crippen molar-refractivity contribution in [1.29, 1.82) is 0 Å². The van der Waals surface area contributed by atoms with E-state index >= 15 is 0 Å². The second kappa shape index (κ2) is 7.52. The van der Waals surface area contributed by atoms with E-state index < -0.39 is 0 Å². The van der Waals surface area contributed by atoms with Crippen LogP contribution in [0.5, 0.6) is 0 Å². The Bertz CT molecular complexity index is 322. The molecule has 0 aliphatic carbocycles. The maximum Gasteiger partial charge on any atom is 0.123 e. The molecule has 0 saturated carbocycles. The molecule has 18 heavy (non-hydrogen) atoms. The first-order valence-electron chi connectivity index (χ1n) is 6.56. The van der Waals surface area contributed by atoms with Crippen molar-refractivity contribution in [3.63, 3.8) is 0 Å². The van der Waals surface area contributed by atoms with Crippen LogP contribution in [-0.2, 0) is 9.78 Å². The zero-order valence-corrected chi connectivity index (χ0v) is 11.6. The summed E-state index contributed by atoms with van der Waals surface area (Å²) >= 11 is 0. The lowest BCUT2D eigenvalue weighted by molar-refractivity contribution is -0.347. The molecular formula is C15H24O3. The number of rotatable bonds is 8. The maximum absolute atomic E-state index is 8.72. The summed E-state index contributed by atoms with van der Waals surface area (Å²) < 4.78 is 0. The number of aliphatic hydroxyl groups is 1. The van der Waals surface area contributed by atoms with Crippen molar-refractivity contribution in [2.45, 2.75) is 39.7 Å². The summed E-state index contributed by atoms with van der Waals surface area (Å²) in [7, 11) is 0. The van der Waals surface area contributed by atoms with Gasteiger partial charge in [0.1, 0.15) is 6.10 Å². The van der Waals surface area contributed by atoms with Crippen molar-refractivity contribution in [2.75, 3.05) is 13.2 Å². The minimum Gasteiger partial charge on any atom is -0.396 e. The first kappa shape index (κ1) is 15.2. The zero-order valence-electron chi connectivity index (χ0n) is 11.6. The van der Waals surface area contributed by atoms with Crippen LogP contribution in [0.3, 0.4) is 0 Å². The van der Waals surface area contributed by atoms with E-state index in [2.05, 4.69) is 32.9 Å². The summed E-state index contributed by atoms with van der Waals surface area (Å²) in [4.78, 5) is 10.8. The smallest absolute Gasteiger partial charge is 0.123 e. The Kier molecular flexibility index (Phi) is 6.33. The van der Waals surface area contributed by atoms with E-state index in [1.807, 2.05) is 18.2 Å². The van der Waals surface area contributed by atoms with Gasteiger partial charge < -0.3 is 5.11 Å². The topological polar surface area (TPSA) is 38.7 Å². The van der Waals surface area contributed by atoms with Crippen molar-refractivity contribution in [2.24, 2.45) is 5.41 Å². The lowest BCUT2D eigenvalue weighted by Gasteiger charge is -2.32. The van der Waals surface area contributed by atoms with Gasteiger partial charge in [-0.25, -0.2) is 9.78 Å². The molecule has 0 spiro atoms. The van der Waals surface area contributed by atoms with E-state index in [1.54, 1.807) is 0 Å². The highest BCUT2D eigenvalue weighted by Crippen LogP contribution is 2.39. The molecule has 0 radical (unpaired) electrons. The van der Waals surface area contributed by atoms with E-state index in [0.29, 0.717) is 13.0 Å². The monoisotopic (exact) mass is 252 g/mol. The van der Waals surface area contributed by atoms with Crippen molar-refractivity contribution in [3.05, 3.63) is 35.9 Å². The minimum absolute atomic E-state index is 0.000563. The highest BCUT2D eigenvalue weighted by atomic mass is 17.2. The molecule has 3 heteroatoms. The van der Waals surface area contributed by atoms with Gasteiger partial charge in [0.05, 0.1) is 6.61 Å². The molecule has 0 bridgehead atoms. The Balaban J connectivity index is 2.70. The molecule has 1 unspecified atom stereocenters. The van der Waals surface area contributed by atoms with Gasteiger partial charge in [0.2, 0.25) is 0 Å². The van der Waals surface area contributed by atoms with Crippen LogP contribution >= 0.6 is 0 Å². The Morgan fingerprint density at radius 3 is 2.44 bits per heavy atom. The Morgan fingerprint density at radius 2 is 1.89 bits per heavy atom. The number of hydrogen-bond donors (Lipinski definition) is 1. The molecule has 0 aliphatic heterocycles. The number of benzene rings is 1. The summed E-state index contributed by atoms with van der Waals surface area (Å²) in [5.74, 6) is 0. The van der Waals surface area contributed by atoms with Crippen LogP contribution in [0.25, 0.3) is 0 Å². The summed E-state index contributed by atoms with van der Waals surface area (Å²) in [5.41, 5.74) is 1.12. The fraction of sp³-hybridized carbons (Fsp3) is 0.600. The summed E-state index contributed by atoms with van der Waals surface area (Å²) in [6, 6.07) is 10.1. The molecule has 0 amide bonds. The van der Waals surface area contributed by atoms with E-state index in [4.69, 9.17) is 14.9 Å². The predicted octanol–water partition coefficient (Wildman–Crippen LogP) is 3.49. The van der Waals surface area contributed by atoms with E-state index in [9.17, 15) is 0 Å². The highest BCUT2D eigenvalue weighted by molar-refractivity contribution is 5.19. The molecule has 0 fully saturated rings. The normalized spacial score (nSPS) is 13.6. The standard InChI is InChI=1S/C15H24O3/c1-4-15(2,3)14(18-17-12-8-11-16)13-9-6-5-7-10-13/h5-7,9-10,14,16H,4,8,11-12H2,1-3H3. The predicted molar refractivity (Wildman–Crippen MR) is 72.0 cm³/mol. The number of hydrogen-bond acceptors (Lipinski definition) is 3. The first-order valence-corrected chi connectivity index (χ1v) is 6.56. The largest absolute Gasteiger partial charge is 0.396 e. The van der Waals surface area contributed by atoms with Crippen LogP contribution in [0.2, 0.25) is 0 Å². The Hall–Kier alpha value is -0.900. The lowest BCUT2D eigenvalue weighted by Crippen LogP contribution is -2.24. The average Bonchev–Trinajstić information content (AvgIpc) is 2.39. The van der Waals surface area contributed by atoms with E-state index in [-0.39, 0.29) is 18.1 Å². The molecule has 0 heterocycles. The second-order valence-electron chi connectivity index (χ2n) is 5.13. The molecule has 1 N–H and O–H groups in total. The van der Waals surface area contributed by atoms with Crippen LogP contribution < -0.4 is 0 Å². The highest BCUT2D eigenvalue weighted by Gasteiger charge is 2.31. The molecular weight excluding hydrogens is 228 g/mol. The Labute approximate surface area is 110 Å². The van der Waals surface area contributed by atoms with Crippen LogP contribution in [0.4, 0.5) is 0 Å². The van der Waals surface area contributed by atoms with Gasteiger partial charge in [0.25, 0.3) is 0 Å². The molecule has 1 atom stereocenters. The van der Waals surface area contributed by atoms with Crippen LogP contribution in [-0.4, -0.2) is 18.3 Å². The minimum atomic E-state index is -0.0950. The third-order valence-corrected chi connectivity index (χ3v) is 3.27. The van der Waals surface area contributed by atoms with Crippen LogP contribution in [0.1, 0.15) is 45.3 Å². The molecule has 0 aromatic heterocycles. The molecule has 3 nitrogen and oxygen atoms in total. The molecule has 0 saturated heterocycles. The molecule has 1 aromatic carbocycles. The lowest BCUT2D eigenvalue weighted by atomic mass is 9.80. The van der Waals surface area contributed by atoms with Gasteiger partial charge in [0, 0.05) is 6.61 Å². The van der Waals surface area contributed by atoms with Crippen molar-refractivity contribution in [3.8, 4) is 0 Å². The third kappa shape index (κ3) is 4.41. The quantitative estimate of drug-likeness (QED) is 0.437. The van der Waals surface area contributed by atoms with Gasteiger partial charge in [-0.2, -0.15) is 0 Å². The van der Waals surface area contributed by atoms with Crippen LogP contribution in [0.15, 0.2) is 30.3 Å². The van der Waals surface area contributed by atoms with Gasteiger partial charge in [-0.15, -0.1) is 0 Å². The Morgan fingerprint density at radius 1 is 1.22 bits per heavy atom. The molecule has 1 aromatic rings. The van der Waals surface area contributed by atoms with Crippen molar-refractivity contribution >= 4 is 0 Å². The fourth-order valence-corrected chi connectivity index (χ4v) is 1.69. The number of aliphatic hydroxyl groups excluding tert-OH is 1. The molecule has 1 rings (SSSR count). The zero-order chi connectivity index (χ0) is 13.4. The van der Waals surface area contributed by atoms with E-state index in [1.165, 1.54) is 0 Å². The van der Waals surface area contributed by atoms with Gasteiger partial charge in [-0.1, -0.05) is 51.1 Å². The summed E-state index contributed by atoms with van der Waals surface area (Å²) in [6.07, 6.45) is 1.49. The summed E-state index contributed by atoms with van der Waals surface area (Å²) in [5, 5.41) is 8.72. The fourth-order valence-electron chi connectivity index (χ4n) is 1.69. The van der Waals surface area contributed by atoms with Crippen molar-refractivity contribution in [1.82, 2.24) is 0 Å². The third-order valence-electron chi connectivity index (χ3n) is 3.27. The van der Waals surface area contributed by atoms with Crippen LogP contribution in [0, 0.1) is 5.41 Å². The SMILES string of the molecule is CCC(C)(C)C(OOCCCO)c1ccccc1. The van der Waals surface area contributed by atoms with Gasteiger partial charge in [-0.05, 0) is 23.8 Å². The molecule has 102 valence electrons. The van der Waals surface area contributed by atoms with E-state index in [0.717, 1.165) is 12.0 Å². The average molecular weight is 252 g/mol. The summed E-state index contributed by atoms with van der Waals surface area (Å²) in [6.45, 7) is 7.02. The van der Waals surface area contributed by atoms with Gasteiger partial charge in [-0.3, -0.25) is 0 Å². The maximum atomic E-state index is 8.72.